The van der Waals surface area contributed by atoms with E-state index in [0.29, 0.717) is 0 Å². The molecule has 2 rings (SSSR count). The van der Waals surface area contributed by atoms with Crippen LogP contribution in [0.1, 0.15) is 27.7 Å². The highest BCUT2D eigenvalue weighted by Gasteiger charge is 2.27. The van der Waals surface area contributed by atoms with Crippen molar-refractivity contribution < 1.29 is 14.6 Å². The number of rotatable bonds is 4. The highest BCUT2D eigenvalue weighted by molar-refractivity contribution is 4.79. The lowest BCUT2D eigenvalue weighted by molar-refractivity contribution is -0.0907. The molecule has 2 fully saturated rings. The van der Waals surface area contributed by atoms with Gasteiger partial charge in [0, 0.05) is 39.3 Å². The largest absolute Gasteiger partial charge is 0.390 e. The zero-order chi connectivity index (χ0) is 14.7. The predicted molar refractivity (Wildman–Crippen MR) is 78.9 cm³/mol. The first-order valence-electron chi connectivity index (χ1n) is 7.86. The molecule has 0 saturated carbocycles. The normalized spacial score (nSPS) is 38.9. The van der Waals surface area contributed by atoms with Gasteiger partial charge in [0.15, 0.2) is 0 Å². The average Bonchev–Trinajstić information content (AvgIpc) is 2.24. The summed E-state index contributed by atoms with van der Waals surface area (Å²) in [5.41, 5.74) is 0. The molecule has 4 unspecified atom stereocenters. The summed E-state index contributed by atoms with van der Waals surface area (Å²) >= 11 is 0. The number of nitrogens with zero attached hydrogens (tertiary/aromatic N) is 2. The Morgan fingerprint density at radius 3 is 1.40 bits per heavy atom. The maximum absolute atomic E-state index is 10.3. The standard InChI is InChI=1S/C15H30N2O3/c1-11-5-16(6-12(2)19-11)9-15(18)10-17-7-13(3)20-14(4)8-17/h11-15,18H,5-10H2,1-4H3. The first kappa shape index (κ1) is 16.2. The van der Waals surface area contributed by atoms with Crippen LogP contribution >= 0.6 is 0 Å². The Kier molecular flexibility index (Phi) is 5.81. The van der Waals surface area contributed by atoms with Crippen LogP contribution in [-0.4, -0.2) is 84.7 Å². The van der Waals surface area contributed by atoms with Crippen molar-refractivity contribution >= 4 is 0 Å². The second-order valence-electron chi connectivity index (χ2n) is 6.61. The van der Waals surface area contributed by atoms with Crippen molar-refractivity contribution in [3.05, 3.63) is 0 Å². The summed E-state index contributed by atoms with van der Waals surface area (Å²) in [6.07, 6.45) is 0.734. The highest BCUT2D eigenvalue weighted by Crippen LogP contribution is 2.13. The second-order valence-corrected chi connectivity index (χ2v) is 6.61. The molecule has 4 atom stereocenters. The van der Waals surface area contributed by atoms with Gasteiger partial charge in [-0.1, -0.05) is 0 Å². The number of β-amino-alcohol motifs (C(OH)–C–C–N with tert-alkyl or cyclic N) is 1. The first-order chi connectivity index (χ1) is 9.42. The number of ether oxygens (including phenoxy) is 2. The van der Waals surface area contributed by atoms with Crippen molar-refractivity contribution in [1.82, 2.24) is 9.80 Å². The van der Waals surface area contributed by atoms with Crippen LogP contribution in [0.4, 0.5) is 0 Å². The number of aliphatic hydroxyl groups excluding tert-OH is 1. The van der Waals surface area contributed by atoms with Gasteiger partial charge in [0.25, 0.3) is 0 Å². The van der Waals surface area contributed by atoms with E-state index in [2.05, 4.69) is 37.5 Å². The van der Waals surface area contributed by atoms with Crippen LogP contribution < -0.4 is 0 Å². The third-order valence-corrected chi connectivity index (χ3v) is 3.93. The number of morpholine rings is 2. The van der Waals surface area contributed by atoms with Crippen molar-refractivity contribution in [1.29, 1.82) is 0 Å². The Morgan fingerprint density at radius 1 is 0.800 bits per heavy atom. The van der Waals surface area contributed by atoms with E-state index in [1.54, 1.807) is 0 Å². The quantitative estimate of drug-likeness (QED) is 0.818. The minimum absolute atomic E-state index is 0.259. The number of aliphatic hydroxyl groups is 1. The Morgan fingerprint density at radius 2 is 1.10 bits per heavy atom. The van der Waals surface area contributed by atoms with Crippen LogP contribution in [0.2, 0.25) is 0 Å². The summed E-state index contributed by atoms with van der Waals surface area (Å²) < 4.78 is 11.5. The molecule has 0 aromatic rings. The summed E-state index contributed by atoms with van der Waals surface area (Å²) in [6.45, 7) is 13.5. The molecule has 2 saturated heterocycles. The van der Waals surface area contributed by atoms with Crippen LogP contribution in [0.5, 0.6) is 0 Å². The van der Waals surface area contributed by atoms with Gasteiger partial charge in [-0.25, -0.2) is 0 Å². The van der Waals surface area contributed by atoms with Gasteiger partial charge in [-0.05, 0) is 27.7 Å². The molecule has 2 aliphatic heterocycles. The van der Waals surface area contributed by atoms with E-state index in [4.69, 9.17) is 9.47 Å². The van der Waals surface area contributed by atoms with Crippen molar-refractivity contribution in [2.75, 3.05) is 39.3 Å². The third-order valence-electron chi connectivity index (χ3n) is 3.93. The van der Waals surface area contributed by atoms with Crippen LogP contribution in [0, 0.1) is 0 Å². The van der Waals surface area contributed by atoms with Gasteiger partial charge < -0.3 is 14.6 Å². The fraction of sp³-hybridized carbons (Fsp3) is 1.00. The van der Waals surface area contributed by atoms with E-state index in [0.717, 1.165) is 39.3 Å². The Balaban J connectivity index is 1.75. The Hall–Kier alpha value is -0.200. The van der Waals surface area contributed by atoms with Crippen LogP contribution in [0.25, 0.3) is 0 Å². The molecular weight excluding hydrogens is 256 g/mol. The van der Waals surface area contributed by atoms with Crippen molar-refractivity contribution in [3.8, 4) is 0 Å². The van der Waals surface area contributed by atoms with E-state index >= 15 is 0 Å². The molecule has 0 aromatic carbocycles. The Bertz CT molecular complexity index is 255. The molecule has 20 heavy (non-hydrogen) atoms. The zero-order valence-corrected chi connectivity index (χ0v) is 13.3. The van der Waals surface area contributed by atoms with Crippen LogP contribution in [-0.2, 0) is 9.47 Å². The van der Waals surface area contributed by atoms with Gasteiger partial charge in [-0.3, -0.25) is 9.80 Å². The van der Waals surface area contributed by atoms with E-state index < -0.39 is 0 Å². The average molecular weight is 286 g/mol. The topological polar surface area (TPSA) is 45.2 Å². The van der Waals surface area contributed by atoms with Crippen molar-refractivity contribution in [2.24, 2.45) is 0 Å². The third kappa shape index (κ3) is 4.97. The molecule has 0 aliphatic carbocycles. The van der Waals surface area contributed by atoms with Gasteiger partial charge in [0.1, 0.15) is 0 Å². The van der Waals surface area contributed by atoms with E-state index in [1.807, 2.05) is 0 Å². The van der Waals surface area contributed by atoms with E-state index in [1.165, 1.54) is 0 Å². The maximum Gasteiger partial charge on any atom is 0.0793 e. The molecule has 0 aromatic heterocycles. The lowest BCUT2D eigenvalue weighted by Crippen LogP contribution is -2.52. The fourth-order valence-electron chi connectivity index (χ4n) is 3.52. The van der Waals surface area contributed by atoms with Crippen LogP contribution in [0.15, 0.2) is 0 Å². The molecule has 0 radical (unpaired) electrons. The number of hydrogen-bond donors (Lipinski definition) is 1. The van der Waals surface area contributed by atoms with Gasteiger partial charge in [-0.15, -0.1) is 0 Å². The minimum Gasteiger partial charge on any atom is -0.390 e. The van der Waals surface area contributed by atoms with Crippen LogP contribution in [0.3, 0.4) is 0 Å². The summed E-state index contributed by atoms with van der Waals surface area (Å²) in [5, 5.41) is 10.3. The summed E-state index contributed by atoms with van der Waals surface area (Å²) in [5.74, 6) is 0. The van der Waals surface area contributed by atoms with Gasteiger partial charge in [0.05, 0.1) is 30.5 Å². The summed E-state index contributed by atoms with van der Waals surface area (Å²) in [7, 11) is 0. The molecule has 0 spiro atoms. The maximum atomic E-state index is 10.3. The lowest BCUT2D eigenvalue weighted by Gasteiger charge is -2.39. The van der Waals surface area contributed by atoms with E-state index in [-0.39, 0.29) is 30.5 Å². The van der Waals surface area contributed by atoms with Gasteiger partial charge in [-0.2, -0.15) is 0 Å². The number of hydrogen-bond acceptors (Lipinski definition) is 5. The zero-order valence-electron chi connectivity index (χ0n) is 13.3. The SMILES string of the molecule is CC1CN(CC(O)CN2CC(C)OC(C)C2)CC(C)O1. The Labute approximate surface area is 122 Å². The molecule has 0 bridgehead atoms. The fourth-order valence-corrected chi connectivity index (χ4v) is 3.52. The second kappa shape index (κ2) is 7.18. The lowest BCUT2D eigenvalue weighted by atomic mass is 10.2. The first-order valence-corrected chi connectivity index (χ1v) is 7.86. The molecule has 2 heterocycles. The van der Waals surface area contributed by atoms with Gasteiger partial charge in [0.2, 0.25) is 0 Å². The smallest absolute Gasteiger partial charge is 0.0793 e. The van der Waals surface area contributed by atoms with Gasteiger partial charge >= 0.3 is 0 Å². The monoisotopic (exact) mass is 286 g/mol. The molecule has 0 amide bonds. The molecule has 5 heteroatoms. The minimum atomic E-state index is -0.301. The summed E-state index contributed by atoms with van der Waals surface area (Å²) in [6, 6.07) is 0. The van der Waals surface area contributed by atoms with Crippen molar-refractivity contribution in [2.45, 2.75) is 58.2 Å². The summed E-state index contributed by atoms with van der Waals surface area (Å²) in [4.78, 5) is 4.63. The van der Waals surface area contributed by atoms with Crippen molar-refractivity contribution in [3.63, 3.8) is 0 Å². The molecule has 1 N–H and O–H groups in total. The molecular formula is C15H30N2O3. The molecule has 118 valence electrons. The van der Waals surface area contributed by atoms with E-state index in [9.17, 15) is 5.11 Å². The molecule has 2 aliphatic rings. The predicted octanol–water partition coefficient (Wildman–Crippen LogP) is 0.566. The highest BCUT2D eigenvalue weighted by atomic mass is 16.5. The molecule has 5 nitrogen and oxygen atoms in total.